The smallest absolute Gasteiger partial charge is 0 e. The van der Waals surface area contributed by atoms with Gasteiger partial charge in [-0.25, -0.2) is 18.7 Å². The average molecular weight is 161 g/mol. The van der Waals surface area contributed by atoms with Crippen LogP contribution in [0.4, 0.5) is 0 Å². The molecule has 0 bridgehead atoms. The van der Waals surface area contributed by atoms with Crippen LogP contribution in [0.15, 0.2) is 11.8 Å². The van der Waals surface area contributed by atoms with E-state index in [1.54, 1.807) is 0 Å². The first-order chi connectivity index (χ1) is 3.06. The molecule has 2 heteroatoms. The summed E-state index contributed by atoms with van der Waals surface area (Å²) in [6.07, 6.45) is 1.90. The van der Waals surface area contributed by atoms with Crippen LogP contribution in [0.2, 0.25) is 19.6 Å². The molecule has 0 nitrogen and oxygen atoms in total. The van der Waals surface area contributed by atoms with Crippen molar-refractivity contribution in [2.75, 3.05) is 0 Å². The summed E-state index contributed by atoms with van der Waals surface area (Å²) in [7, 11) is -0.900. The van der Waals surface area contributed by atoms with Crippen molar-refractivity contribution in [3.05, 3.63) is 18.7 Å². The average Bonchev–Trinajstić information content (AvgIpc) is 1.30. The van der Waals surface area contributed by atoms with Gasteiger partial charge in [-0.2, -0.15) is 0 Å². The first-order valence-electron chi connectivity index (χ1n) is 2.53. The van der Waals surface area contributed by atoms with Gasteiger partial charge < -0.3 is 0 Å². The van der Waals surface area contributed by atoms with Crippen LogP contribution in [0.5, 0.6) is 0 Å². The summed E-state index contributed by atoms with van der Waals surface area (Å²) in [6, 6.07) is 0. The van der Waals surface area contributed by atoms with Crippen LogP contribution in [0, 0.1) is 6.92 Å². The van der Waals surface area contributed by atoms with Crippen LogP contribution < -0.4 is 0 Å². The molecule has 0 fully saturated rings. The quantitative estimate of drug-likeness (QED) is 0.408. The number of hydrogen-bond donors (Lipinski definition) is 0. The van der Waals surface area contributed by atoms with Crippen molar-refractivity contribution in [3.8, 4) is 0 Å². The van der Waals surface area contributed by atoms with E-state index in [2.05, 4.69) is 32.3 Å². The molecular weight excluding hydrogens is 148 g/mol. The molecule has 0 rings (SSSR count). The van der Waals surface area contributed by atoms with Crippen LogP contribution >= 0.6 is 0 Å². The zero-order valence-electron chi connectivity index (χ0n) is 5.86. The van der Waals surface area contributed by atoms with E-state index >= 15 is 0 Å². The van der Waals surface area contributed by atoms with Gasteiger partial charge in [0.2, 0.25) is 0 Å². The Labute approximate surface area is 68.3 Å². The molecule has 0 atom stereocenters. The zero-order chi connectivity index (χ0) is 5.91. The topological polar surface area (TPSA) is 0 Å². The predicted molar refractivity (Wildman–Crippen MR) is 37.8 cm³/mol. The van der Waals surface area contributed by atoms with E-state index in [1.807, 2.05) is 6.08 Å². The molecule has 0 aliphatic heterocycles. The van der Waals surface area contributed by atoms with Crippen molar-refractivity contribution in [2.45, 2.75) is 19.6 Å². The zero-order valence-corrected chi connectivity index (χ0v) is 8.42. The van der Waals surface area contributed by atoms with Gasteiger partial charge in [0.1, 0.15) is 0 Å². The van der Waals surface area contributed by atoms with Gasteiger partial charge in [-0.15, -0.1) is 0 Å². The standard InChI is InChI=1S/C6H13Si.Ti/c1-5-6-7(2,3)4;/h5-6H,1H2,2-4H3;/q-1;/b6-5+;. The molecule has 0 radical (unpaired) electrons. The third-order valence-corrected chi connectivity index (χ3v) is 1.85. The minimum Gasteiger partial charge on any atom is -0.245 e. The minimum absolute atomic E-state index is 0. The Morgan fingerprint density at radius 3 is 1.62 bits per heavy atom. The second-order valence-electron chi connectivity index (χ2n) is 2.77. The Balaban J connectivity index is 0. The molecule has 0 N–H and O–H groups in total. The fourth-order valence-electron chi connectivity index (χ4n) is 0.354. The van der Waals surface area contributed by atoms with E-state index in [4.69, 9.17) is 0 Å². The summed E-state index contributed by atoms with van der Waals surface area (Å²) in [5.41, 5.74) is 2.22. The van der Waals surface area contributed by atoms with Crippen molar-refractivity contribution in [1.82, 2.24) is 0 Å². The summed E-state index contributed by atoms with van der Waals surface area (Å²) in [4.78, 5) is 0. The van der Waals surface area contributed by atoms with Crippen molar-refractivity contribution < 1.29 is 21.7 Å². The normalized spacial score (nSPS) is 11.4. The van der Waals surface area contributed by atoms with Crippen LogP contribution in [0.3, 0.4) is 0 Å². The van der Waals surface area contributed by atoms with Crippen LogP contribution in [-0.2, 0) is 21.7 Å². The van der Waals surface area contributed by atoms with Gasteiger partial charge in [-0.05, 0) is 8.07 Å². The van der Waals surface area contributed by atoms with Gasteiger partial charge in [0.25, 0.3) is 0 Å². The molecule has 0 aliphatic carbocycles. The summed E-state index contributed by atoms with van der Waals surface area (Å²) < 4.78 is 0. The molecular formula is C6H13SiTi-. The number of rotatable bonds is 1. The van der Waals surface area contributed by atoms with Crippen LogP contribution in [0.25, 0.3) is 0 Å². The predicted octanol–water partition coefficient (Wildman–Crippen LogP) is 2.25. The fraction of sp³-hybridized carbons (Fsp3) is 0.500. The van der Waals surface area contributed by atoms with E-state index in [0.29, 0.717) is 0 Å². The Morgan fingerprint density at radius 2 is 1.62 bits per heavy atom. The Bertz CT molecular complexity index is 71.1. The molecule has 0 aliphatic rings. The summed E-state index contributed by atoms with van der Waals surface area (Å²) >= 11 is 0. The van der Waals surface area contributed by atoms with Gasteiger partial charge in [-0.3, -0.25) is 0 Å². The second kappa shape index (κ2) is 4.42. The molecule has 46 valence electrons. The van der Waals surface area contributed by atoms with E-state index < -0.39 is 8.07 Å². The largest absolute Gasteiger partial charge is 0.245 e. The van der Waals surface area contributed by atoms with Crippen molar-refractivity contribution in [2.24, 2.45) is 0 Å². The SMILES string of the molecule is [CH2-]/C=C/[Si](C)(C)C.[Ti]. The van der Waals surface area contributed by atoms with Crippen molar-refractivity contribution >= 4 is 8.07 Å². The molecule has 0 unspecified atom stereocenters. The molecule has 0 amide bonds. The molecule has 0 aromatic carbocycles. The molecule has 0 spiro atoms. The van der Waals surface area contributed by atoms with E-state index in [-0.39, 0.29) is 21.7 Å². The molecule has 0 aromatic heterocycles. The van der Waals surface area contributed by atoms with Crippen molar-refractivity contribution in [3.63, 3.8) is 0 Å². The van der Waals surface area contributed by atoms with Gasteiger partial charge in [0.15, 0.2) is 0 Å². The summed E-state index contributed by atoms with van der Waals surface area (Å²) in [6.45, 7) is 10.5. The van der Waals surface area contributed by atoms with Gasteiger partial charge in [0.05, 0.1) is 0 Å². The third-order valence-electron chi connectivity index (χ3n) is 0.618. The van der Waals surface area contributed by atoms with E-state index in [1.165, 1.54) is 0 Å². The first-order valence-corrected chi connectivity index (χ1v) is 6.11. The van der Waals surface area contributed by atoms with Crippen molar-refractivity contribution in [1.29, 1.82) is 0 Å². The molecule has 8 heavy (non-hydrogen) atoms. The van der Waals surface area contributed by atoms with Gasteiger partial charge >= 0.3 is 0 Å². The Hall–Kier alpha value is 0.541. The summed E-state index contributed by atoms with van der Waals surface area (Å²) in [5.74, 6) is 0. The number of hydrogen-bond acceptors (Lipinski definition) is 0. The van der Waals surface area contributed by atoms with Gasteiger partial charge in [0, 0.05) is 21.7 Å². The third kappa shape index (κ3) is 9.74. The van der Waals surface area contributed by atoms with Crippen LogP contribution in [0.1, 0.15) is 0 Å². The number of allylic oxidation sites excluding steroid dienone is 1. The van der Waals surface area contributed by atoms with Crippen LogP contribution in [-0.4, -0.2) is 8.07 Å². The fourth-order valence-corrected chi connectivity index (χ4v) is 1.06. The molecule has 0 heterocycles. The maximum Gasteiger partial charge on any atom is 0 e. The molecule has 0 saturated carbocycles. The molecule has 0 saturated heterocycles. The Kier molecular flexibility index (Phi) is 6.28. The Morgan fingerprint density at radius 1 is 1.25 bits per heavy atom. The maximum absolute atomic E-state index is 3.63. The first kappa shape index (κ1) is 11.4. The van der Waals surface area contributed by atoms with E-state index in [9.17, 15) is 0 Å². The summed E-state index contributed by atoms with van der Waals surface area (Å²) in [5, 5.41) is 0. The monoisotopic (exact) mass is 161 g/mol. The van der Waals surface area contributed by atoms with Gasteiger partial charge in [-0.1, -0.05) is 19.6 Å². The minimum atomic E-state index is -0.900. The van der Waals surface area contributed by atoms with E-state index in [0.717, 1.165) is 0 Å². The second-order valence-corrected chi connectivity index (χ2v) is 7.83. The maximum atomic E-state index is 3.63. The molecule has 0 aromatic rings.